The maximum absolute atomic E-state index is 11.5. The molecular formula is C18H30N2O3. The molecule has 1 saturated heterocycles. The highest BCUT2D eigenvalue weighted by atomic mass is 16.6. The lowest BCUT2D eigenvalue weighted by Gasteiger charge is -2.58. The first-order valence-corrected chi connectivity index (χ1v) is 9.14. The van der Waals surface area contributed by atoms with E-state index in [0.717, 1.165) is 19.6 Å². The molecule has 0 N–H and O–H groups in total. The van der Waals surface area contributed by atoms with Gasteiger partial charge in [-0.1, -0.05) is 26.7 Å². The van der Waals surface area contributed by atoms with Gasteiger partial charge in [-0.15, -0.1) is 0 Å². The summed E-state index contributed by atoms with van der Waals surface area (Å²) in [5.74, 6) is 0.682. The number of nitro groups is 1. The van der Waals surface area contributed by atoms with Crippen LogP contribution in [0.3, 0.4) is 0 Å². The highest BCUT2D eigenvalue weighted by Gasteiger charge is 2.57. The lowest BCUT2D eigenvalue weighted by Crippen LogP contribution is -2.64. The summed E-state index contributed by atoms with van der Waals surface area (Å²) in [4.78, 5) is 14.0. The molecule has 3 rings (SSSR count). The normalized spacial score (nSPS) is 41.4. The van der Waals surface area contributed by atoms with Crippen molar-refractivity contribution in [1.29, 1.82) is 0 Å². The SMILES string of the molecule is COC[C@@H]1CCCN1[C@]12CCCC[C@H]1[C@@H](C)C([N+](=O)[O-])=C[C@@H]2C. The summed E-state index contributed by atoms with van der Waals surface area (Å²) in [6, 6.07) is 0.473. The molecular weight excluding hydrogens is 292 g/mol. The Hall–Kier alpha value is -0.940. The van der Waals surface area contributed by atoms with Gasteiger partial charge in [-0.05, 0) is 50.1 Å². The maximum Gasteiger partial charge on any atom is 0.245 e. The number of allylic oxidation sites excluding steroid dienone is 1. The van der Waals surface area contributed by atoms with Gasteiger partial charge < -0.3 is 4.74 Å². The zero-order valence-electron chi connectivity index (χ0n) is 14.7. The van der Waals surface area contributed by atoms with Crippen LogP contribution in [0.15, 0.2) is 11.8 Å². The zero-order chi connectivity index (χ0) is 16.6. The van der Waals surface area contributed by atoms with E-state index in [1.165, 1.54) is 32.1 Å². The molecule has 5 heteroatoms. The van der Waals surface area contributed by atoms with E-state index >= 15 is 0 Å². The van der Waals surface area contributed by atoms with Crippen molar-refractivity contribution in [2.24, 2.45) is 17.8 Å². The van der Waals surface area contributed by atoms with Crippen LogP contribution in [-0.4, -0.2) is 41.7 Å². The first-order valence-electron chi connectivity index (χ1n) is 9.14. The summed E-state index contributed by atoms with van der Waals surface area (Å²) in [7, 11) is 1.78. The van der Waals surface area contributed by atoms with Crippen molar-refractivity contribution in [2.45, 2.75) is 64.0 Å². The fourth-order valence-corrected chi connectivity index (χ4v) is 5.81. The van der Waals surface area contributed by atoms with Crippen LogP contribution in [0.25, 0.3) is 0 Å². The second-order valence-corrected chi connectivity index (χ2v) is 7.71. The van der Waals surface area contributed by atoms with Gasteiger partial charge in [0.1, 0.15) is 0 Å². The molecule has 0 aromatic heterocycles. The van der Waals surface area contributed by atoms with E-state index < -0.39 is 0 Å². The first-order chi connectivity index (χ1) is 11.0. The van der Waals surface area contributed by atoms with Gasteiger partial charge in [0.25, 0.3) is 0 Å². The third-order valence-electron chi connectivity index (χ3n) is 6.75. The summed E-state index contributed by atoms with van der Waals surface area (Å²) in [6.45, 7) is 6.17. The van der Waals surface area contributed by atoms with Crippen LogP contribution in [0.1, 0.15) is 52.4 Å². The number of hydrogen-bond acceptors (Lipinski definition) is 4. The molecule has 5 atom stereocenters. The van der Waals surface area contributed by atoms with Crippen LogP contribution in [0.2, 0.25) is 0 Å². The number of hydrogen-bond donors (Lipinski definition) is 0. The average molecular weight is 322 g/mol. The van der Waals surface area contributed by atoms with Crippen LogP contribution in [0, 0.1) is 27.9 Å². The van der Waals surface area contributed by atoms with E-state index in [4.69, 9.17) is 4.74 Å². The quantitative estimate of drug-likeness (QED) is 0.587. The molecule has 1 heterocycles. The molecule has 0 aromatic carbocycles. The first kappa shape index (κ1) is 16.9. The summed E-state index contributed by atoms with van der Waals surface area (Å²) >= 11 is 0. The third-order valence-corrected chi connectivity index (χ3v) is 6.75. The predicted molar refractivity (Wildman–Crippen MR) is 89.7 cm³/mol. The molecule has 0 unspecified atom stereocenters. The monoisotopic (exact) mass is 322 g/mol. The fourth-order valence-electron chi connectivity index (χ4n) is 5.81. The van der Waals surface area contributed by atoms with Crippen LogP contribution in [-0.2, 0) is 4.74 Å². The van der Waals surface area contributed by atoms with Gasteiger partial charge in [0.05, 0.1) is 17.4 Å². The molecule has 5 nitrogen and oxygen atoms in total. The van der Waals surface area contributed by atoms with Crippen LogP contribution >= 0.6 is 0 Å². The molecule has 0 aromatic rings. The number of fused-ring (bicyclic) bond motifs is 1. The van der Waals surface area contributed by atoms with Crippen molar-refractivity contribution in [3.05, 3.63) is 21.9 Å². The van der Waals surface area contributed by atoms with Crippen molar-refractivity contribution in [3.63, 3.8) is 0 Å². The summed E-state index contributed by atoms with van der Waals surface area (Å²) < 4.78 is 5.48. The molecule has 3 aliphatic rings. The summed E-state index contributed by atoms with van der Waals surface area (Å²) in [5.41, 5.74) is 0.541. The van der Waals surface area contributed by atoms with E-state index in [1.54, 1.807) is 7.11 Å². The van der Waals surface area contributed by atoms with Crippen molar-refractivity contribution in [3.8, 4) is 0 Å². The Labute approximate surface area is 139 Å². The largest absolute Gasteiger partial charge is 0.383 e. The molecule has 1 aliphatic heterocycles. The smallest absolute Gasteiger partial charge is 0.245 e. The number of rotatable bonds is 4. The molecule has 0 bridgehead atoms. The van der Waals surface area contributed by atoms with Gasteiger partial charge in [0.2, 0.25) is 5.70 Å². The molecule has 2 aliphatic carbocycles. The second-order valence-electron chi connectivity index (χ2n) is 7.71. The van der Waals surface area contributed by atoms with Gasteiger partial charge in [-0.2, -0.15) is 0 Å². The number of methoxy groups -OCH3 is 1. The Balaban J connectivity index is 2.01. The van der Waals surface area contributed by atoms with Crippen molar-refractivity contribution >= 4 is 0 Å². The van der Waals surface area contributed by atoms with Gasteiger partial charge >= 0.3 is 0 Å². The summed E-state index contributed by atoms with van der Waals surface area (Å²) in [5, 5.41) is 11.5. The molecule has 23 heavy (non-hydrogen) atoms. The maximum atomic E-state index is 11.5. The molecule has 0 amide bonds. The lowest BCUT2D eigenvalue weighted by molar-refractivity contribution is -0.438. The van der Waals surface area contributed by atoms with Gasteiger partial charge in [0.15, 0.2) is 0 Å². The molecule has 2 fully saturated rings. The average Bonchev–Trinajstić information content (AvgIpc) is 2.99. The van der Waals surface area contributed by atoms with Crippen molar-refractivity contribution < 1.29 is 9.66 Å². The van der Waals surface area contributed by atoms with E-state index in [2.05, 4.69) is 18.7 Å². The lowest BCUT2D eigenvalue weighted by atomic mass is 9.57. The Bertz CT molecular complexity index is 493. The Kier molecular flexibility index (Phi) is 4.79. The number of likely N-dealkylation sites (tertiary alicyclic amines) is 1. The minimum absolute atomic E-state index is 0.0466. The van der Waals surface area contributed by atoms with E-state index in [1.807, 2.05) is 6.08 Å². The highest BCUT2D eigenvalue weighted by Crippen LogP contribution is 2.54. The van der Waals surface area contributed by atoms with Crippen LogP contribution in [0.5, 0.6) is 0 Å². The van der Waals surface area contributed by atoms with E-state index in [0.29, 0.717) is 17.7 Å². The molecule has 0 radical (unpaired) electrons. The molecule has 1 saturated carbocycles. The Morgan fingerprint density at radius 1 is 1.35 bits per heavy atom. The van der Waals surface area contributed by atoms with Gasteiger partial charge in [0, 0.05) is 18.7 Å². The Morgan fingerprint density at radius 3 is 2.83 bits per heavy atom. The fraction of sp³-hybridized carbons (Fsp3) is 0.889. The standard InChI is InChI=1S/C18H30N2O3/c1-13-11-17(20(21)22)14(2)16-8-4-5-9-18(13,16)19-10-6-7-15(19)12-23-3/h11,13-16H,4-10,12H2,1-3H3/t13-,14+,15-,16-,18-/m0/s1. The topological polar surface area (TPSA) is 55.6 Å². The number of nitrogens with zero attached hydrogens (tertiary/aromatic N) is 2. The Morgan fingerprint density at radius 2 is 2.13 bits per heavy atom. The van der Waals surface area contributed by atoms with Crippen molar-refractivity contribution in [2.75, 3.05) is 20.3 Å². The zero-order valence-corrected chi connectivity index (χ0v) is 14.7. The highest BCUT2D eigenvalue weighted by molar-refractivity contribution is 5.20. The predicted octanol–water partition coefficient (Wildman–Crippen LogP) is 3.47. The summed E-state index contributed by atoms with van der Waals surface area (Å²) in [6.07, 6.45) is 9.11. The minimum atomic E-state index is -0.143. The second kappa shape index (κ2) is 6.52. The minimum Gasteiger partial charge on any atom is -0.383 e. The van der Waals surface area contributed by atoms with Gasteiger partial charge in [-0.3, -0.25) is 15.0 Å². The van der Waals surface area contributed by atoms with Crippen LogP contribution < -0.4 is 0 Å². The van der Waals surface area contributed by atoms with E-state index in [9.17, 15) is 10.1 Å². The van der Waals surface area contributed by atoms with E-state index in [-0.39, 0.29) is 22.3 Å². The molecule has 130 valence electrons. The third kappa shape index (κ3) is 2.62. The van der Waals surface area contributed by atoms with Crippen LogP contribution in [0.4, 0.5) is 0 Å². The molecule has 0 spiro atoms. The van der Waals surface area contributed by atoms with Gasteiger partial charge in [-0.25, -0.2) is 0 Å². The number of ether oxygens (including phenoxy) is 1. The van der Waals surface area contributed by atoms with Crippen molar-refractivity contribution in [1.82, 2.24) is 4.90 Å².